The average Bonchev–Trinajstić information content (AvgIpc) is 2.53. The summed E-state index contributed by atoms with van der Waals surface area (Å²) in [7, 11) is 0. The van der Waals surface area contributed by atoms with Crippen LogP contribution in [-0.2, 0) is 11.3 Å². The fraction of sp³-hybridized carbons (Fsp3) is 0.625. The molecule has 0 amide bonds. The lowest BCUT2D eigenvalue weighted by atomic mass is 10.3. The first-order valence-corrected chi connectivity index (χ1v) is 5.13. The van der Waals surface area contributed by atoms with Gasteiger partial charge in [0.2, 0.25) is 0 Å². The summed E-state index contributed by atoms with van der Waals surface area (Å²) in [5.74, 6) is 0.633. The number of rotatable bonds is 2. The molecule has 1 aromatic heterocycles. The van der Waals surface area contributed by atoms with Crippen LogP contribution in [0.2, 0.25) is 0 Å². The molecule has 0 aliphatic carbocycles. The second-order valence-electron chi connectivity index (χ2n) is 3.11. The highest BCUT2D eigenvalue weighted by atomic mass is 32.1. The van der Waals surface area contributed by atoms with Crippen molar-refractivity contribution < 1.29 is 4.74 Å². The van der Waals surface area contributed by atoms with E-state index in [0.29, 0.717) is 5.82 Å². The Hall–Kier alpha value is -0.650. The third kappa shape index (κ3) is 2.40. The van der Waals surface area contributed by atoms with Gasteiger partial charge in [0.1, 0.15) is 5.82 Å². The first-order chi connectivity index (χ1) is 6.34. The number of anilines is 1. The smallest absolute Gasteiger partial charge is 0.137 e. The number of ether oxygens (including phenoxy) is 1. The molecule has 5 heteroatoms. The molecule has 1 aromatic rings. The van der Waals surface area contributed by atoms with Gasteiger partial charge >= 0.3 is 0 Å². The van der Waals surface area contributed by atoms with E-state index in [4.69, 9.17) is 10.5 Å². The predicted octanol–water partition coefficient (Wildman–Crippen LogP) is 0.558. The maximum atomic E-state index is 5.54. The number of nitrogen functional groups attached to an aromatic ring is 1. The molecule has 13 heavy (non-hydrogen) atoms. The Morgan fingerprint density at radius 2 is 2.31 bits per heavy atom. The van der Waals surface area contributed by atoms with Crippen molar-refractivity contribution in [1.82, 2.24) is 9.27 Å². The normalized spacial score (nSPS) is 19.1. The summed E-state index contributed by atoms with van der Waals surface area (Å²) in [6.07, 6.45) is 0. The molecule has 0 saturated carbocycles. The van der Waals surface area contributed by atoms with Crippen LogP contribution in [-0.4, -0.2) is 35.6 Å². The zero-order valence-electron chi connectivity index (χ0n) is 7.40. The Labute approximate surface area is 81.5 Å². The van der Waals surface area contributed by atoms with Crippen LogP contribution >= 0.6 is 11.5 Å². The van der Waals surface area contributed by atoms with Gasteiger partial charge in [-0.15, -0.1) is 0 Å². The zero-order chi connectivity index (χ0) is 9.10. The van der Waals surface area contributed by atoms with E-state index in [1.165, 1.54) is 16.4 Å². The molecule has 0 unspecified atom stereocenters. The molecular formula is C8H13N3OS. The van der Waals surface area contributed by atoms with Gasteiger partial charge in [0.25, 0.3) is 0 Å². The maximum Gasteiger partial charge on any atom is 0.137 e. The molecule has 1 aliphatic rings. The third-order valence-electron chi connectivity index (χ3n) is 2.06. The van der Waals surface area contributed by atoms with E-state index in [9.17, 15) is 0 Å². The number of morpholine rings is 1. The SMILES string of the molecule is Nc1cc(CN2CCOCC2)sn1. The zero-order valence-corrected chi connectivity index (χ0v) is 8.22. The summed E-state index contributed by atoms with van der Waals surface area (Å²) in [5.41, 5.74) is 5.54. The molecule has 2 N–H and O–H groups in total. The highest BCUT2D eigenvalue weighted by Crippen LogP contribution is 2.14. The highest BCUT2D eigenvalue weighted by molar-refractivity contribution is 7.06. The summed E-state index contributed by atoms with van der Waals surface area (Å²) in [6.45, 7) is 4.66. The van der Waals surface area contributed by atoms with Gasteiger partial charge in [-0.3, -0.25) is 4.90 Å². The Morgan fingerprint density at radius 1 is 1.54 bits per heavy atom. The fourth-order valence-electron chi connectivity index (χ4n) is 1.38. The molecule has 0 bridgehead atoms. The van der Waals surface area contributed by atoms with Crippen molar-refractivity contribution in [3.05, 3.63) is 10.9 Å². The van der Waals surface area contributed by atoms with Crippen molar-refractivity contribution in [1.29, 1.82) is 0 Å². The molecule has 72 valence electrons. The van der Waals surface area contributed by atoms with Crippen LogP contribution in [0.4, 0.5) is 5.82 Å². The van der Waals surface area contributed by atoms with Crippen LogP contribution in [0.3, 0.4) is 0 Å². The monoisotopic (exact) mass is 199 g/mol. The second kappa shape index (κ2) is 4.04. The Balaban J connectivity index is 1.89. The molecule has 1 saturated heterocycles. The number of hydrogen-bond donors (Lipinski definition) is 1. The van der Waals surface area contributed by atoms with Gasteiger partial charge in [-0.2, -0.15) is 4.37 Å². The molecule has 0 spiro atoms. The van der Waals surface area contributed by atoms with Crippen molar-refractivity contribution in [2.24, 2.45) is 0 Å². The molecule has 0 atom stereocenters. The van der Waals surface area contributed by atoms with Gasteiger partial charge < -0.3 is 10.5 Å². The highest BCUT2D eigenvalue weighted by Gasteiger charge is 2.11. The van der Waals surface area contributed by atoms with E-state index >= 15 is 0 Å². The maximum absolute atomic E-state index is 5.54. The molecule has 2 rings (SSSR count). The predicted molar refractivity (Wildman–Crippen MR) is 52.6 cm³/mol. The Kier molecular flexibility index (Phi) is 2.77. The quantitative estimate of drug-likeness (QED) is 0.756. The van der Waals surface area contributed by atoms with Crippen molar-refractivity contribution in [3.8, 4) is 0 Å². The van der Waals surface area contributed by atoms with Crippen LogP contribution < -0.4 is 5.73 Å². The van der Waals surface area contributed by atoms with Gasteiger partial charge in [0, 0.05) is 24.5 Å². The van der Waals surface area contributed by atoms with E-state index in [-0.39, 0.29) is 0 Å². The molecule has 4 nitrogen and oxygen atoms in total. The topological polar surface area (TPSA) is 51.4 Å². The lowest BCUT2D eigenvalue weighted by Crippen LogP contribution is -2.35. The molecule has 0 aromatic carbocycles. The minimum absolute atomic E-state index is 0.633. The Morgan fingerprint density at radius 3 is 2.92 bits per heavy atom. The standard InChI is InChI=1S/C8H13N3OS/c9-8-5-7(13-10-8)6-11-1-3-12-4-2-11/h5H,1-4,6H2,(H2,9,10). The molecule has 1 fully saturated rings. The summed E-state index contributed by atoms with van der Waals surface area (Å²) >= 11 is 1.49. The average molecular weight is 199 g/mol. The number of nitrogens with zero attached hydrogens (tertiary/aromatic N) is 2. The van der Waals surface area contributed by atoms with E-state index in [0.717, 1.165) is 32.8 Å². The summed E-state index contributed by atoms with van der Waals surface area (Å²) in [4.78, 5) is 3.59. The third-order valence-corrected chi connectivity index (χ3v) is 2.84. The van der Waals surface area contributed by atoms with Gasteiger partial charge in [0.05, 0.1) is 13.2 Å². The van der Waals surface area contributed by atoms with Crippen LogP contribution in [0.1, 0.15) is 4.88 Å². The van der Waals surface area contributed by atoms with Crippen LogP contribution in [0, 0.1) is 0 Å². The summed E-state index contributed by atoms with van der Waals surface area (Å²) in [6, 6.07) is 1.94. The van der Waals surface area contributed by atoms with Crippen LogP contribution in [0.5, 0.6) is 0 Å². The van der Waals surface area contributed by atoms with Crippen LogP contribution in [0.15, 0.2) is 6.07 Å². The molecule has 0 radical (unpaired) electrons. The van der Waals surface area contributed by atoms with E-state index in [1.54, 1.807) is 0 Å². The van der Waals surface area contributed by atoms with E-state index in [2.05, 4.69) is 9.27 Å². The van der Waals surface area contributed by atoms with Crippen molar-refractivity contribution in [2.45, 2.75) is 6.54 Å². The lowest BCUT2D eigenvalue weighted by Gasteiger charge is -2.25. The number of hydrogen-bond acceptors (Lipinski definition) is 5. The van der Waals surface area contributed by atoms with Gasteiger partial charge in [-0.05, 0) is 17.6 Å². The minimum Gasteiger partial charge on any atom is -0.383 e. The molecule has 1 aliphatic heterocycles. The second-order valence-corrected chi connectivity index (χ2v) is 4.00. The first-order valence-electron chi connectivity index (χ1n) is 4.36. The van der Waals surface area contributed by atoms with E-state index < -0.39 is 0 Å². The Bertz CT molecular complexity index is 270. The molecular weight excluding hydrogens is 186 g/mol. The van der Waals surface area contributed by atoms with Crippen molar-refractivity contribution in [3.63, 3.8) is 0 Å². The molecule has 2 heterocycles. The first kappa shape index (κ1) is 8.93. The van der Waals surface area contributed by atoms with Gasteiger partial charge in [0.15, 0.2) is 0 Å². The van der Waals surface area contributed by atoms with Crippen LogP contribution in [0.25, 0.3) is 0 Å². The summed E-state index contributed by atoms with van der Waals surface area (Å²) in [5, 5.41) is 0. The van der Waals surface area contributed by atoms with E-state index in [1.807, 2.05) is 6.07 Å². The van der Waals surface area contributed by atoms with Crippen molar-refractivity contribution in [2.75, 3.05) is 32.0 Å². The van der Waals surface area contributed by atoms with Crippen molar-refractivity contribution >= 4 is 17.4 Å². The largest absolute Gasteiger partial charge is 0.383 e. The summed E-state index contributed by atoms with van der Waals surface area (Å²) < 4.78 is 9.31. The minimum atomic E-state index is 0.633. The number of aromatic nitrogens is 1. The van der Waals surface area contributed by atoms with Gasteiger partial charge in [-0.1, -0.05) is 0 Å². The van der Waals surface area contributed by atoms with Gasteiger partial charge in [-0.25, -0.2) is 0 Å². The number of nitrogens with two attached hydrogens (primary N) is 1. The lowest BCUT2D eigenvalue weighted by molar-refractivity contribution is 0.0346. The fourth-order valence-corrected chi connectivity index (χ4v) is 2.07.